The van der Waals surface area contributed by atoms with Crippen molar-refractivity contribution in [1.29, 1.82) is 0 Å². The lowest BCUT2D eigenvalue weighted by atomic mass is 9.88. The minimum absolute atomic E-state index is 0.0491. The lowest BCUT2D eigenvalue weighted by Gasteiger charge is -2.42. The summed E-state index contributed by atoms with van der Waals surface area (Å²) >= 11 is 0. The van der Waals surface area contributed by atoms with E-state index in [0.717, 1.165) is 5.56 Å². The fourth-order valence-electron chi connectivity index (χ4n) is 2.35. The van der Waals surface area contributed by atoms with E-state index in [1.807, 2.05) is 30.3 Å². The van der Waals surface area contributed by atoms with Gasteiger partial charge in [0.25, 0.3) is 0 Å². The largest absolute Gasteiger partial charge is 0.481 e. The molecular weight excluding hydrogens is 244 g/mol. The van der Waals surface area contributed by atoms with Gasteiger partial charge < -0.3 is 15.7 Å². The van der Waals surface area contributed by atoms with Crippen molar-refractivity contribution in [1.82, 2.24) is 4.90 Å². The number of benzene rings is 1. The highest BCUT2D eigenvalue weighted by Gasteiger charge is 2.40. The quantitative estimate of drug-likeness (QED) is 0.840. The smallest absolute Gasteiger partial charge is 0.303 e. The maximum atomic E-state index is 12.3. The van der Waals surface area contributed by atoms with Gasteiger partial charge in [-0.15, -0.1) is 0 Å². The van der Waals surface area contributed by atoms with Crippen LogP contribution in [-0.2, 0) is 15.1 Å². The van der Waals surface area contributed by atoms with E-state index in [-0.39, 0.29) is 18.2 Å². The van der Waals surface area contributed by atoms with Gasteiger partial charge in [0.15, 0.2) is 0 Å². The van der Waals surface area contributed by atoms with E-state index in [2.05, 4.69) is 0 Å². The van der Waals surface area contributed by atoms with Crippen molar-refractivity contribution in [3.8, 4) is 0 Å². The van der Waals surface area contributed by atoms with Gasteiger partial charge in [-0.2, -0.15) is 0 Å². The number of aliphatic carboxylic acids is 1. The molecule has 1 unspecified atom stereocenters. The number of carbonyl (C=O) groups is 2. The van der Waals surface area contributed by atoms with Crippen LogP contribution in [0.5, 0.6) is 0 Å². The molecule has 1 saturated heterocycles. The van der Waals surface area contributed by atoms with Crippen molar-refractivity contribution in [3.05, 3.63) is 35.9 Å². The van der Waals surface area contributed by atoms with Crippen molar-refractivity contribution < 1.29 is 14.7 Å². The first kappa shape index (κ1) is 13.5. The molecule has 19 heavy (non-hydrogen) atoms. The minimum atomic E-state index is -1.06. The van der Waals surface area contributed by atoms with Crippen molar-refractivity contribution in [3.63, 3.8) is 0 Å². The molecule has 0 aromatic heterocycles. The maximum Gasteiger partial charge on any atom is 0.303 e. The van der Waals surface area contributed by atoms with E-state index in [9.17, 15) is 9.59 Å². The van der Waals surface area contributed by atoms with Crippen LogP contribution in [0.2, 0.25) is 0 Å². The van der Waals surface area contributed by atoms with E-state index in [0.29, 0.717) is 13.1 Å². The third kappa shape index (κ3) is 2.76. The second-order valence-electron chi connectivity index (χ2n) is 5.24. The van der Waals surface area contributed by atoms with E-state index in [4.69, 9.17) is 10.8 Å². The Morgan fingerprint density at radius 1 is 1.37 bits per heavy atom. The molecule has 3 N–H and O–H groups in total. The molecule has 1 aliphatic rings. The van der Waals surface area contributed by atoms with Gasteiger partial charge in [-0.05, 0) is 12.5 Å². The summed E-state index contributed by atoms with van der Waals surface area (Å²) in [6, 6.07) is 9.21. The topological polar surface area (TPSA) is 83.6 Å². The van der Waals surface area contributed by atoms with Gasteiger partial charge in [0.1, 0.15) is 5.54 Å². The monoisotopic (exact) mass is 262 g/mol. The van der Waals surface area contributed by atoms with Crippen molar-refractivity contribution in [2.75, 3.05) is 13.1 Å². The molecule has 1 fully saturated rings. The summed E-state index contributed by atoms with van der Waals surface area (Å²) in [6.07, 6.45) is 0.108. The predicted octanol–water partition coefficient (Wildman–Crippen LogP) is 0.794. The Labute approximate surface area is 112 Å². The van der Waals surface area contributed by atoms with Crippen LogP contribution in [-0.4, -0.2) is 35.0 Å². The molecule has 2 rings (SSSR count). The Morgan fingerprint density at radius 2 is 1.95 bits per heavy atom. The summed E-state index contributed by atoms with van der Waals surface area (Å²) in [5.74, 6) is -0.927. The molecule has 0 radical (unpaired) electrons. The molecule has 1 atom stereocenters. The van der Waals surface area contributed by atoms with Crippen LogP contribution in [0.3, 0.4) is 0 Å². The highest BCUT2D eigenvalue weighted by molar-refractivity contribution is 5.87. The summed E-state index contributed by atoms with van der Waals surface area (Å²) in [4.78, 5) is 24.5. The van der Waals surface area contributed by atoms with Crippen LogP contribution in [0.1, 0.15) is 18.9 Å². The number of likely N-dealkylation sites (tertiary alicyclic amines) is 1. The van der Waals surface area contributed by atoms with Gasteiger partial charge in [-0.1, -0.05) is 30.3 Å². The number of nitrogens with zero attached hydrogens (tertiary/aromatic N) is 1. The predicted molar refractivity (Wildman–Crippen MR) is 70.3 cm³/mol. The van der Waals surface area contributed by atoms with Crippen LogP contribution < -0.4 is 5.73 Å². The van der Waals surface area contributed by atoms with Crippen molar-refractivity contribution in [2.24, 2.45) is 11.7 Å². The lowest BCUT2D eigenvalue weighted by molar-refractivity contribution is -0.148. The van der Waals surface area contributed by atoms with Crippen molar-refractivity contribution >= 4 is 11.9 Å². The highest BCUT2D eigenvalue weighted by Crippen LogP contribution is 2.26. The Kier molecular flexibility index (Phi) is 3.57. The van der Waals surface area contributed by atoms with E-state index >= 15 is 0 Å². The summed E-state index contributed by atoms with van der Waals surface area (Å²) < 4.78 is 0. The summed E-state index contributed by atoms with van der Waals surface area (Å²) in [6.45, 7) is 2.64. The molecule has 1 aliphatic heterocycles. The Balaban J connectivity index is 2.00. The Hall–Kier alpha value is -1.88. The molecule has 5 heteroatoms. The molecule has 1 aromatic carbocycles. The molecule has 0 bridgehead atoms. The number of carbonyl (C=O) groups excluding carboxylic acids is 1. The molecule has 1 amide bonds. The van der Waals surface area contributed by atoms with Crippen LogP contribution in [0.25, 0.3) is 0 Å². The lowest BCUT2D eigenvalue weighted by Crippen LogP contribution is -2.59. The zero-order chi connectivity index (χ0) is 14.0. The fourth-order valence-corrected chi connectivity index (χ4v) is 2.35. The average molecular weight is 262 g/mol. The van der Waals surface area contributed by atoms with Gasteiger partial charge >= 0.3 is 5.97 Å². The van der Waals surface area contributed by atoms with E-state index < -0.39 is 11.5 Å². The molecule has 0 spiro atoms. The van der Waals surface area contributed by atoms with Crippen LogP contribution in [0.4, 0.5) is 0 Å². The SMILES string of the molecule is CC(N)(C(=O)N1CC(CC(=O)O)C1)c1ccccc1. The highest BCUT2D eigenvalue weighted by atomic mass is 16.4. The zero-order valence-corrected chi connectivity index (χ0v) is 10.9. The maximum absolute atomic E-state index is 12.3. The number of nitrogens with two attached hydrogens (primary N) is 1. The molecule has 102 valence electrons. The molecule has 5 nitrogen and oxygen atoms in total. The van der Waals surface area contributed by atoms with Gasteiger partial charge in [-0.25, -0.2) is 0 Å². The van der Waals surface area contributed by atoms with Crippen LogP contribution in [0.15, 0.2) is 30.3 Å². The third-order valence-electron chi connectivity index (χ3n) is 3.53. The number of carboxylic acids is 1. The van der Waals surface area contributed by atoms with Crippen LogP contribution >= 0.6 is 0 Å². The second-order valence-corrected chi connectivity index (χ2v) is 5.24. The number of hydrogen-bond acceptors (Lipinski definition) is 3. The van der Waals surface area contributed by atoms with Gasteiger partial charge in [0.2, 0.25) is 5.91 Å². The first-order chi connectivity index (χ1) is 8.91. The summed E-state index contributed by atoms with van der Waals surface area (Å²) in [5, 5.41) is 8.68. The Morgan fingerprint density at radius 3 is 2.47 bits per heavy atom. The van der Waals surface area contributed by atoms with E-state index in [1.54, 1.807) is 11.8 Å². The summed E-state index contributed by atoms with van der Waals surface area (Å²) in [5.41, 5.74) is 5.84. The molecule has 1 aromatic rings. The number of hydrogen-bond donors (Lipinski definition) is 2. The first-order valence-electron chi connectivity index (χ1n) is 6.27. The zero-order valence-electron chi connectivity index (χ0n) is 10.9. The van der Waals surface area contributed by atoms with Gasteiger partial charge in [-0.3, -0.25) is 9.59 Å². The second kappa shape index (κ2) is 5.01. The fraction of sp³-hybridized carbons (Fsp3) is 0.429. The van der Waals surface area contributed by atoms with Gasteiger partial charge in [0.05, 0.1) is 6.42 Å². The number of carboxylic acid groups (broad SMARTS) is 1. The van der Waals surface area contributed by atoms with E-state index in [1.165, 1.54) is 0 Å². The van der Waals surface area contributed by atoms with Crippen molar-refractivity contribution in [2.45, 2.75) is 18.9 Å². The average Bonchev–Trinajstić information content (AvgIpc) is 2.33. The normalized spacial score (nSPS) is 18.5. The minimum Gasteiger partial charge on any atom is -0.481 e. The number of rotatable bonds is 4. The molecule has 1 heterocycles. The van der Waals surface area contributed by atoms with Crippen LogP contribution in [0, 0.1) is 5.92 Å². The van der Waals surface area contributed by atoms with Gasteiger partial charge in [0, 0.05) is 19.0 Å². The molecule has 0 aliphatic carbocycles. The first-order valence-corrected chi connectivity index (χ1v) is 6.27. The molecular formula is C14H18N2O3. The Bertz CT molecular complexity index is 479. The number of amides is 1. The third-order valence-corrected chi connectivity index (χ3v) is 3.53. The summed E-state index contributed by atoms with van der Waals surface area (Å²) in [7, 11) is 0. The standard InChI is InChI=1S/C14H18N2O3/c1-14(15,11-5-3-2-4-6-11)13(19)16-8-10(9-16)7-12(17)18/h2-6,10H,7-9,15H2,1H3,(H,17,18). The molecule has 0 saturated carbocycles.